The van der Waals surface area contributed by atoms with Crippen molar-refractivity contribution in [2.24, 2.45) is 5.92 Å². The van der Waals surface area contributed by atoms with Crippen molar-refractivity contribution in [2.75, 3.05) is 19.3 Å². The standard InChI is InChI=1S/C16H27NOS/c1-5-8-14(12-17-11-13(2)3)18-15-9-6-7-10-16(15)19-4/h6-7,9-10,13-14,17H,5,8,11-12H2,1-4H3. The summed E-state index contributed by atoms with van der Waals surface area (Å²) in [6.45, 7) is 8.64. The first-order valence-electron chi connectivity index (χ1n) is 7.17. The fourth-order valence-corrected chi connectivity index (χ4v) is 2.49. The van der Waals surface area contributed by atoms with E-state index in [-0.39, 0.29) is 6.10 Å². The molecule has 1 aromatic carbocycles. The van der Waals surface area contributed by atoms with Gasteiger partial charge in [-0.15, -0.1) is 11.8 Å². The lowest BCUT2D eigenvalue weighted by Gasteiger charge is -2.21. The van der Waals surface area contributed by atoms with Crippen LogP contribution in [0.25, 0.3) is 0 Å². The van der Waals surface area contributed by atoms with Gasteiger partial charge in [0.25, 0.3) is 0 Å². The third kappa shape index (κ3) is 6.35. The SMILES string of the molecule is CCCC(CNCC(C)C)Oc1ccccc1SC. The molecule has 0 saturated carbocycles. The van der Waals surface area contributed by atoms with Crippen LogP contribution >= 0.6 is 11.8 Å². The Morgan fingerprint density at radius 3 is 2.58 bits per heavy atom. The predicted molar refractivity (Wildman–Crippen MR) is 85.3 cm³/mol. The first kappa shape index (κ1) is 16.4. The van der Waals surface area contributed by atoms with E-state index in [1.165, 1.54) is 4.90 Å². The topological polar surface area (TPSA) is 21.3 Å². The van der Waals surface area contributed by atoms with Crippen LogP contribution in [0, 0.1) is 5.92 Å². The normalized spacial score (nSPS) is 12.7. The summed E-state index contributed by atoms with van der Waals surface area (Å²) in [6, 6.07) is 8.28. The van der Waals surface area contributed by atoms with E-state index in [1.54, 1.807) is 11.8 Å². The molecule has 1 unspecified atom stereocenters. The van der Waals surface area contributed by atoms with Gasteiger partial charge in [-0.05, 0) is 37.3 Å². The Labute approximate surface area is 122 Å². The monoisotopic (exact) mass is 281 g/mol. The van der Waals surface area contributed by atoms with Crippen molar-refractivity contribution in [3.05, 3.63) is 24.3 Å². The molecule has 3 heteroatoms. The molecule has 0 saturated heterocycles. The van der Waals surface area contributed by atoms with Gasteiger partial charge in [-0.1, -0.05) is 39.3 Å². The number of thioether (sulfide) groups is 1. The molecule has 108 valence electrons. The van der Waals surface area contributed by atoms with Crippen LogP contribution in [0.15, 0.2) is 29.2 Å². The van der Waals surface area contributed by atoms with Gasteiger partial charge < -0.3 is 10.1 Å². The molecule has 0 bridgehead atoms. The van der Waals surface area contributed by atoms with Crippen LogP contribution in [0.4, 0.5) is 0 Å². The molecule has 1 aromatic rings. The first-order valence-corrected chi connectivity index (χ1v) is 8.40. The quantitative estimate of drug-likeness (QED) is 0.685. The molecular formula is C16H27NOS. The highest BCUT2D eigenvalue weighted by atomic mass is 32.2. The molecule has 0 heterocycles. The minimum absolute atomic E-state index is 0.261. The van der Waals surface area contributed by atoms with Gasteiger partial charge in [-0.25, -0.2) is 0 Å². The van der Waals surface area contributed by atoms with Crippen molar-refractivity contribution < 1.29 is 4.74 Å². The van der Waals surface area contributed by atoms with E-state index < -0.39 is 0 Å². The van der Waals surface area contributed by atoms with Crippen molar-refractivity contribution in [2.45, 2.75) is 44.6 Å². The second-order valence-electron chi connectivity index (χ2n) is 5.23. The fraction of sp³-hybridized carbons (Fsp3) is 0.625. The maximum atomic E-state index is 6.18. The summed E-state index contributed by atoms with van der Waals surface area (Å²) in [5.41, 5.74) is 0. The lowest BCUT2D eigenvalue weighted by atomic mass is 10.2. The summed E-state index contributed by atoms with van der Waals surface area (Å²) in [7, 11) is 0. The summed E-state index contributed by atoms with van der Waals surface area (Å²) in [5, 5.41) is 3.50. The molecule has 1 rings (SSSR count). The Morgan fingerprint density at radius 2 is 1.95 bits per heavy atom. The van der Waals surface area contributed by atoms with Crippen LogP contribution in [0.1, 0.15) is 33.6 Å². The Kier molecular flexibility index (Phi) is 7.99. The third-order valence-corrected chi connectivity index (χ3v) is 3.68. The average Bonchev–Trinajstić information content (AvgIpc) is 2.39. The van der Waals surface area contributed by atoms with E-state index in [0.717, 1.165) is 31.7 Å². The van der Waals surface area contributed by atoms with Crippen LogP contribution in [0.2, 0.25) is 0 Å². The second kappa shape index (κ2) is 9.27. The van der Waals surface area contributed by atoms with E-state index >= 15 is 0 Å². The molecule has 1 atom stereocenters. The zero-order valence-corrected chi connectivity index (χ0v) is 13.4. The molecule has 1 N–H and O–H groups in total. The van der Waals surface area contributed by atoms with Gasteiger partial charge in [0.05, 0.1) is 0 Å². The van der Waals surface area contributed by atoms with E-state index in [1.807, 2.05) is 6.07 Å². The molecule has 0 radical (unpaired) electrons. The van der Waals surface area contributed by atoms with E-state index in [4.69, 9.17) is 4.74 Å². The van der Waals surface area contributed by atoms with Crippen LogP contribution in [0.3, 0.4) is 0 Å². The largest absolute Gasteiger partial charge is 0.488 e. The number of hydrogen-bond donors (Lipinski definition) is 1. The Bertz CT molecular complexity index is 354. The molecule has 0 aliphatic rings. The zero-order valence-electron chi connectivity index (χ0n) is 12.6. The van der Waals surface area contributed by atoms with Crippen LogP contribution in [0.5, 0.6) is 5.75 Å². The highest BCUT2D eigenvalue weighted by Crippen LogP contribution is 2.28. The Morgan fingerprint density at radius 1 is 1.21 bits per heavy atom. The van der Waals surface area contributed by atoms with Gasteiger partial charge in [0.15, 0.2) is 0 Å². The highest BCUT2D eigenvalue weighted by Gasteiger charge is 2.11. The van der Waals surface area contributed by atoms with Crippen LogP contribution in [-0.2, 0) is 0 Å². The molecular weight excluding hydrogens is 254 g/mol. The molecule has 0 aromatic heterocycles. The van der Waals surface area contributed by atoms with Gasteiger partial charge in [-0.2, -0.15) is 0 Å². The predicted octanol–water partition coefficient (Wildman–Crippen LogP) is 4.20. The third-order valence-electron chi connectivity index (χ3n) is 2.90. The summed E-state index contributed by atoms with van der Waals surface area (Å²) in [5.74, 6) is 1.69. The van der Waals surface area contributed by atoms with Crippen molar-refractivity contribution in [1.29, 1.82) is 0 Å². The number of para-hydroxylation sites is 1. The van der Waals surface area contributed by atoms with Gasteiger partial charge in [0.1, 0.15) is 11.9 Å². The minimum Gasteiger partial charge on any atom is -0.488 e. The average molecular weight is 281 g/mol. The maximum Gasteiger partial charge on any atom is 0.133 e. The summed E-state index contributed by atoms with van der Waals surface area (Å²) >= 11 is 1.74. The second-order valence-corrected chi connectivity index (χ2v) is 6.08. The van der Waals surface area contributed by atoms with Crippen molar-refractivity contribution >= 4 is 11.8 Å². The number of hydrogen-bond acceptors (Lipinski definition) is 3. The lowest BCUT2D eigenvalue weighted by Crippen LogP contribution is -2.33. The van der Waals surface area contributed by atoms with Gasteiger partial charge in [-0.3, -0.25) is 0 Å². The molecule has 0 fully saturated rings. The smallest absolute Gasteiger partial charge is 0.133 e. The van der Waals surface area contributed by atoms with Crippen LogP contribution in [-0.4, -0.2) is 25.4 Å². The molecule has 0 amide bonds. The van der Waals surface area contributed by atoms with Gasteiger partial charge >= 0.3 is 0 Å². The van der Waals surface area contributed by atoms with Crippen molar-refractivity contribution in [3.8, 4) is 5.75 Å². The summed E-state index contributed by atoms with van der Waals surface area (Å²) in [4.78, 5) is 1.22. The van der Waals surface area contributed by atoms with E-state index in [2.05, 4.69) is 50.5 Å². The summed E-state index contributed by atoms with van der Waals surface area (Å²) in [6.07, 6.45) is 4.59. The van der Waals surface area contributed by atoms with E-state index in [0.29, 0.717) is 5.92 Å². The van der Waals surface area contributed by atoms with Crippen LogP contribution < -0.4 is 10.1 Å². The highest BCUT2D eigenvalue weighted by molar-refractivity contribution is 7.98. The molecule has 2 nitrogen and oxygen atoms in total. The lowest BCUT2D eigenvalue weighted by molar-refractivity contribution is 0.181. The molecule has 0 aliphatic heterocycles. The molecule has 0 spiro atoms. The number of nitrogens with one attached hydrogen (secondary N) is 1. The zero-order chi connectivity index (χ0) is 14.1. The van der Waals surface area contributed by atoms with E-state index in [9.17, 15) is 0 Å². The number of benzene rings is 1. The first-order chi connectivity index (χ1) is 9.17. The number of ether oxygens (including phenoxy) is 1. The van der Waals surface area contributed by atoms with Gasteiger partial charge in [0.2, 0.25) is 0 Å². The van der Waals surface area contributed by atoms with Crippen molar-refractivity contribution in [1.82, 2.24) is 5.32 Å². The van der Waals surface area contributed by atoms with Crippen molar-refractivity contribution in [3.63, 3.8) is 0 Å². The van der Waals surface area contributed by atoms with Gasteiger partial charge in [0, 0.05) is 11.4 Å². The Hall–Kier alpha value is -0.670. The Balaban J connectivity index is 2.56. The minimum atomic E-state index is 0.261. The summed E-state index contributed by atoms with van der Waals surface area (Å²) < 4.78 is 6.18. The molecule has 0 aliphatic carbocycles. The maximum absolute atomic E-state index is 6.18. The number of rotatable bonds is 9. The fourth-order valence-electron chi connectivity index (χ4n) is 1.95. The molecule has 19 heavy (non-hydrogen) atoms.